The van der Waals surface area contributed by atoms with Gasteiger partial charge in [0.05, 0.1) is 12.3 Å². The number of hydrogen-bond acceptors (Lipinski definition) is 3. The molecule has 0 saturated carbocycles. The van der Waals surface area contributed by atoms with Crippen molar-refractivity contribution in [3.05, 3.63) is 28.2 Å². The van der Waals surface area contributed by atoms with E-state index in [-0.39, 0.29) is 6.61 Å². The molecule has 0 spiro atoms. The molecule has 0 fully saturated rings. The largest absolute Gasteiger partial charge is 0.395 e. The Morgan fingerprint density at radius 3 is 2.56 bits per heavy atom. The number of nitrogens with zero attached hydrogens (tertiary/aromatic N) is 1. The van der Waals surface area contributed by atoms with Crippen LogP contribution in [-0.2, 0) is 6.54 Å². The highest BCUT2D eigenvalue weighted by Gasteiger charge is 2.12. The third kappa shape index (κ3) is 3.20. The number of rotatable bonds is 5. The summed E-state index contributed by atoms with van der Waals surface area (Å²) >= 11 is 3.55. The molecule has 0 aliphatic carbocycles. The molecular weight excluding hydrogens is 268 g/mol. The molecule has 0 bridgehead atoms. The molecule has 4 heteroatoms. The van der Waals surface area contributed by atoms with Gasteiger partial charge in [-0.3, -0.25) is 0 Å². The Kier molecular flexibility index (Phi) is 5.25. The minimum absolute atomic E-state index is 0.156. The molecule has 0 amide bonds. The lowest BCUT2D eigenvalue weighted by molar-refractivity contribution is 0.299. The molecule has 1 aromatic rings. The molecule has 0 aliphatic heterocycles. The SMILES string of the molecule is CC(C)N(CCO)c1ccc(CN)cc1Br. The molecule has 90 valence electrons. The van der Waals surface area contributed by atoms with Crippen LogP contribution in [0, 0.1) is 0 Å². The van der Waals surface area contributed by atoms with Crippen molar-refractivity contribution in [1.82, 2.24) is 0 Å². The molecule has 3 nitrogen and oxygen atoms in total. The van der Waals surface area contributed by atoms with E-state index in [0.29, 0.717) is 19.1 Å². The first-order valence-electron chi connectivity index (χ1n) is 5.46. The average molecular weight is 287 g/mol. The molecule has 1 rings (SSSR count). The van der Waals surface area contributed by atoms with E-state index in [0.717, 1.165) is 15.7 Å². The van der Waals surface area contributed by atoms with Crippen LogP contribution >= 0.6 is 15.9 Å². The molecular formula is C12H19BrN2O. The van der Waals surface area contributed by atoms with Crippen LogP contribution in [0.3, 0.4) is 0 Å². The second-order valence-electron chi connectivity index (χ2n) is 4.00. The highest BCUT2D eigenvalue weighted by molar-refractivity contribution is 9.10. The van der Waals surface area contributed by atoms with Crippen molar-refractivity contribution in [3.63, 3.8) is 0 Å². The smallest absolute Gasteiger partial charge is 0.0606 e. The molecule has 3 N–H and O–H groups in total. The van der Waals surface area contributed by atoms with E-state index < -0.39 is 0 Å². The van der Waals surface area contributed by atoms with E-state index in [2.05, 4.69) is 34.7 Å². The fourth-order valence-electron chi connectivity index (χ4n) is 1.67. The molecule has 0 aromatic heterocycles. The Labute approximate surface area is 105 Å². The van der Waals surface area contributed by atoms with Crippen LogP contribution in [-0.4, -0.2) is 24.3 Å². The quantitative estimate of drug-likeness (QED) is 0.872. The van der Waals surface area contributed by atoms with Crippen molar-refractivity contribution in [1.29, 1.82) is 0 Å². The summed E-state index contributed by atoms with van der Waals surface area (Å²) in [4.78, 5) is 2.16. The van der Waals surface area contributed by atoms with Gasteiger partial charge in [0.25, 0.3) is 0 Å². The summed E-state index contributed by atoms with van der Waals surface area (Å²) in [6, 6.07) is 6.45. The Bertz CT molecular complexity index is 342. The van der Waals surface area contributed by atoms with Crippen molar-refractivity contribution in [3.8, 4) is 0 Å². The van der Waals surface area contributed by atoms with Crippen LogP contribution in [0.1, 0.15) is 19.4 Å². The van der Waals surface area contributed by atoms with Crippen molar-refractivity contribution < 1.29 is 5.11 Å². The zero-order valence-electron chi connectivity index (χ0n) is 9.78. The summed E-state index contributed by atoms with van der Waals surface area (Å²) in [7, 11) is 0. The summed E-state index contributed by atoms with van der Waals surface area (Å²) in [5.41, 5.74) is 7.79. The van der Waals surface area contributed by atoms with E-state index >= 15 is 0 Å². The number of aliphatic hydroxyl groups is 1. The molecule has 0 radical (unpaired) electrons. The van der Waals surface area contributed by atoms with E-state index in [4.69, 9.17) is 10.8 Å². The van der Waals surface area contributed by atoms with Gasteiger partial charge in [0.15, 0.2) is 0 Å². The molecule has 0 atom stereocenters. The van der Waals surface area contributed by atoms with Crippen LogP contribution in [0.2, 0.25) is 0 Å². The summed E-state index contributed by atoms with van der Waals surface area (Å²) in [6.45, 7) is 5.56. The predicted molar refractivity (Wildman–Crippen MR) is 71.6 cm³/mol. The minimum Gasteiger partial charge on any atom is -0.395 e. The predicted octanol–water partition coefficient (Wildman–Crippen LogP) is 2.11. The second-order valence-corrected chi connectivity index (χ2v) is 4.85. The van der Waals surface area contributed by atoms with Gasteiger partial charge in [-0.25, -0.2) is 0 Å². The lowest BCUT2D eigenvalue weighted by Crippen LogP contribution is -2.33. The van der Waals surface area contributed by atoms with Crippen molar-refractivity contribution >= 4 is 21.6 Å². The second kappa shape index (κ2) is 6.23. The third-order valence-corrected chi connectivity index (χ3v) is 3.16. The summed E-state index contributed by atoms with van der Waals surface area (Å²) in [5, 5.41) is 9.06. The minimum atomic E-state index is 0.156. The zero-order chi connectivity index (χ0) is 12.1. The van der Waals surface area contributed by atoms with Gasteiger partial charge in [-0.1, -0.05) is 6.07 Å². The van der Waals surface area contributed by atoms with Gasteiger partial charge in [0.2, 0.25) is 0 Å². The van der Waals surface area contributed by atoms with Crippen molar-refractivity contribution in [2.45, 2.75) is 26.4 Å². The summed E-state index contributed by atoms with van der Waals surface area (Å²) < 4.78 is 1.03. The number of hydrogen-bond donors (Lipinski definition) is 2. The maximum atomic E-state index is 9.06. The van der Waals surface area contributed by atoms with Gasteiger partial charge in [0.1, 0.15) is 0 Å². The summed E-state index contributed by atoms with van der Waals surface area (Å²) in [5.74, 6) is 0. The van der Waals surface area contributed by atoms with Crippen molar-refractivity contribution in [2.75, 3.05) is 18.1 Å². The molecule has 0 saturated heterocycles. The number of anilines is 1. The Morgan fingerprint density at radius 2 is 2.12 bits per heavy atom. The van der Waals surface area contributed by atoms with Gasteiger partial charge in [-0.2, -0.15) is 0 Å². The Hall–Kier alpha value is -0.580. The molecule has 1 aromatic carbocycles. The average Bonchev–Trinajstić information content (AvgIpc) is 2.26. The zero-order valence-corrected chi connectivity index (χ0v) is 11.4. The van der Waals surface area contributed by atoms with Crippen LogP contribution in [0.4, 0.5) is 5.69 Å². The Balaban J connectivity index is 3.00. The van der Waals surface area contributed by atoms with Crippen LogP contribution in [0.5, 0.6) is 0 Å². The van der Waals surface area contributed by atoms with Gasteiger partial charge in [-0.15, -0.1) is 0 Å². The lowest BCUT2D eigenvalue weighted by atomic mass is 10.1. The number of halogens is 1. The number of benzene rings is 1. The van der Waals surface area contributed by atoms with E-state index in [9.17, 15) is 0 Å². The first kappa shape index (κ1) is 13.5. The van der Waals surface area contributed by atoms with E-state index in [1.807, 2.05) is 18.2 Å². The van der Waals surface area contributed by atoms with E-state index in [1.54, 1.807) is 0 Å². The first-order valence-corrected chi connectivity index (χ1v) is 6.25. The molecule has 0 aliphatic rings. The van der Waals surface area contributed by atoms with Crippen LogP contribution in [0.15, 0.2) is 22.7 Å². The highest BCUT2D eigenvalue weighted by atomic mass is 79.9. The maximum absolute atomic E-state index is 9.06. The van der Waals surface area contributed by atoms with Crippen molar-refractivity contribution in [2.24, 2.45) is 5.73 Å². The number of nitrogens with two attached hydrogens (primary N) is 1. The molecule has 16 heavy (non-hydrogen) atoms. The monoisotopic (exact) mass is 286 g/mol. The fraction of sp³-hybridized carbons (Fsp3) is 0.500. The standard InChI is InChI=1S/C12H19BrN2O/c1-9(2)15(5-6-16)12-4-3-10(8-14)7-11(12)13/h3-4,7,9,16H,5-6,8,14H2,1-2H3. The first-order chi connectivity index (χ1) is 7.60. The topological polar surface area (TPSA) is 49.5 Å². The van der Waals surface area contributed by atoms with Gasteiger partial charge < -0.3 is 15.7 Å². The molecule has 0 heterocycles. The van der Waals surface area contributed by atoms with Crippen LogP contribution in [0.25, 0.3) is 0 Å². The lowest BCUT2D eigenvalue weighted by Gasteiger charge is -2.29. The third-order valence-electron chi connectivity index (χ3n) is 2.52. The summed E-state index contributed by atoms with van der Waals surface area (Å²) in [6.07, 6.45) is 0. The maximum Gasteiger partial charge on any atom is 0.0606 e. The highest BCUT2D eigenvalue weighted by Crippen LogP contribution is 2.28. The number of aliphatic hydroxyl groups excluding tert-OH is 1. The van der Waals surface area contributed by atoms with Gasteiger partial charge in [-0.05, 0) is 47.5 Å². The normalized spacial score (nSPS) is 10.9. The Morgan fingerprint density at radius 1 is 1.44 bits per heavy atom. The van der Waals surface area contributed by atoms with Crippen LogP contribution < -0.4 is 10.6 Å². The van der Waals surface area contributed by atoms with E-state index in [1.165, 1.54) is 0 Å². The fourth-order valence-corrected chi connectivity index (χ4v) is 2.33. The van der Waals surface area contributed by atoms with Gasteiger partial charge in [0, 0.05) is 23.6 Å². The molecule has 0 unspecified atom stereocenters. The van der Waals surface area contributed by atoms with Gasteiger partial charge >= 0.3 is 0 Å².